The number of benzene rings is 1. The largest absolute Gasteiger partial charge is 0.507 e. The molecule has 0 fully saturated rings. The molecule has 3 nitrogen and oxygen atoms in total. The molecule has 1 atom stereocenters. The summed E-state index contributed by atoms with van der Waals surface area (Å²) in [6.45, 7) is 8.42. The van der Waals surface area contributed by atoms with Crippen molar-refractivity contribution in [3.8, 4) is 11.5 Å². The summed E-state index contributed by atoms with van der Waals surface area (Å²) < 4.78 is 0. The van der Waals surface area contributed by atoms with Crippen LogP contribution in [0.25, 0.3) is 0 Å². The molecule has 0 aliphatic heterocycles. The molecule has 0 saturated carbocycles. The lowest BCUT2D eigenvalue weighted by Crippen LogP contribution is -2.08. The van der Waals surface area contributed by atoms with Gasteiger partial charge in [0.2, 0.25) is 0 Å². The third kappa shape index (κ3) is 1.77. The van der Waals surface area contributed by atoms with E-state index in [4.69, 9.17) is 0 Å². The van der Waals surface area contributed by atoms with Gasteiger partial charge in [-0.25, -0.2) is 0 Å². The number of hydrogen-bond acceptors (Lipinski definition) is 3. The molecule has 0 aromatic heterocycles. The van der Waals surface area contributed by atoms with Crippen molar-refractivity contribution < 1.29 is 15.0 Å². The number of carbonyl (C=O) groups is 1. The summed E-state index contributed by atoms with van der Waals surface area (Å²) in [6, 6.07) is 0. The Morgan fingerprint density at radius 2 is 1.44 bits per heavy atom. The van der Waals surface area contributed by atoms with Gasteiger partial charge in [-0.3, -0.25) is 4.79 Å². The van der Waals surface area contributed by atoms with E-state index in [0.717, 1.165) is 0 Å². The highest BCUT2D eigenvalue weighted by Crippen LogP contribution is 2.40. The first-order valence-electron chi connectivity index (χ1n) is 5.31. The minimum atomic E-state index is -0.398. The van der Waals surface area contributed by atoms with E-state index in [0.29, 0.717) is 22.3 Å². The highest BCUT2D eigenvalue weighted by Gasteiger charge is 2.22. The van der Waals surface area contributed by atoms with Crippen LogP contribution in [-0.2, 0) is 4.79 Å². The Kier molecular flexibility index (Phi) is 3.27. The van der Waals surface area contributed by atoms with E-state index >= 15 is 0 Å². The van der Waals surface area contributed by atoms with Gasteiger partial charge < -0.3 is 10.2 Å². The topological polar surface area (TPSA) is 57.5 Å². The predicted octanol–water partition coefficient (Wildman–Crippen LogP) is 2.72. The first-order chi connectivity index (χ1) is 7.29. The van der Waals surface area contributed by atoms with Crippen molar-refractivity contribution in [3.05, 3.63) is 22.3 Å². The number of rotatable bonds is 2. The van der Waals surface area contributed by atoms with Crippen molar-refractivity contribution in [2.45, 2.75) is 40.5 Å². The number of Topliss-reactive ketones (excluding diaryl/α,β-unsaturated/α-hetero) is 1. The van der Waals surface area contributed by atoms with Gasteiger partial charge >= 0.3 is 0 Å². The van der Waals surface area contributed by atoms with Gasteiger partial charge in [0, 0.05) is 11.5 Å². The Hall–Kier alpha value is -1.51. The van der Waals surface area contributed by atoms with Crippen LogP contribution < -0.4 is 0 Å². The normalized spacial score (nSPS) is 12.6. The van der Waals surface area contributed by atoms with Gasteiger partial charge in [-0.1, -0.05) is 6.92 Å². The van der Waals surface area contributed by atoms with Gasteiger partial charge in [0.25, 0.3) is 0 Å². The van der Waals surface area contributed by atoms with Crippen molar-refractivity contribution in [3.63, 3.8) is 0 Å². The minimum absolute atomic E-state index is 0.0268. The van der Waals surface area contributed by atoms with Crippen molar-refractivity contribution in [1.29, 1.82) is 0 Å². The van der Waals surface area contributed by atoms with Crippen molar-refractivity contribution in [2.75, 3.05) is 0 Å². The predicted molar refractivity (Wildman–Crippen MR) is 63.1 cm³/mol. The number of carbonyl (C=O) groups excluding carboxylic acids is 1. The summed E-state index contributed by atoms with van der Waals surface area (Å²) in [5.74, 6) is -0.139. The van der Waals surface area contributed by atoms with Crippen LogP contribution in [-0.4, -0.2) is 16.0 Å². The number of aromatic hydroxyl groups is 2. The lowest BCUT2D eigenvalue weighted by atomic mass is 9.88. The van der Waals surface area contributed by atoms with Gasteiger partial charge in [0.15, 0.2) is 0 Å². The quantitative estimate of drug-likeness (QED) is 0.756. The lowest BCUT2D eigenvalue weighted by Gasteiger charge is -2.19. The van der Waals surface area contributed by atoms with E-state index in [-0.39, 0.29) is 17.3 Å². The first kappa shape index (κ1) is 12.6. The zero-order valence-corrected chi connectivity index (χ0v) is 10.4. The average molecular weight is 222 g/mol. The summed E-state index contributed by atoms with van der Waals surface area (Å²) in [5, 5.41) is 19.9. The van der Waals surface area contributed by atoms with E-state index in [9.17, 15) is 15.0 Å². The molecule has 88 valence electrons. The fourth-order valence-electron chi connectivity index (χ4n) is 1.88. The summed E-state index contributed by atoms with van der Waals surface area (Å²) in [7, 11) is 0. The Labute approximate surface area is 95.7 Å². The zero-order valence-electron chi connectivity index (χ0n) is 10.4. The second-order valence-corrected chi connectivity index (χ2v) is 4.32. The average Bonchev–Trinajstić information content (AvgIpc) is 2.23. The summed E-state index contributed by atoms with van der Waals surface area (Å²) in [5.41, 5.74) is 2.41. The SMILES string of the molecule is CC(=O)C(C)c1c(C)c(O)c(C)c(C)c1O. The van der Waals surface area contributed by atoms with Crippen LogP contribution in [0.2, 0.25) is 0 Å². The van der Waals surface area contributed by atoms with Gasteiger partial charge in [-0.2, -0.15) is 0 Å². The molecule has 1 aromatic rings. The Morgan fingerprint density at radius 3 is 1.88 bits per heavy atom. The Morgan fingerprint density at radius 1 is 1.00 bits per heavy atom. The van der Waals surface area contributed by atoms with Crippen molar-refractivity contribution >= 4 is 5.78 Å². The Bertz CT molecular complexity index is 418. The number of phenolic OH excluding ortho intramolecular Hbond substituents is 2. The van der Waals surface area contributed by atoms with Crippen LogP contribution in [0.1, 0.15) is 42.0 Å². The maximum Gasteiger partial charge on any atom is 0.137 e. The highest BCUT2D eigenvalue weighted by molar-refractivity contribution is 5.85. The van der Waals surface area contributed by atoms with Gasteiger partial charge in [0.1, 0.15) is 17.3 Å². The summed E-state index contributed by atoms with van der Waals surface area (Å²) in [4.78, 5) is 11.4. The van der Waals surface area contributed by atoms with E-state index in [2.05, 4.69) is 0 Å². The third-order valence-corrected chi connectivity index (χ3v) is 3.33. The molecule has 1 aromatic carbocycles. The molecular weight excluding hydrogens is 204 g/mol. The van der Waals surface area contributed by atoms with Gasteiger partial charge in [-0.15, -0.1) is 0 Å². The molecule has 0 bridgehead atoms. The molecular formula is C13H18O3. The van der Waals surface area contributed by atoms with E-state index in [1.54, 1.807) is 27.7 Å². The maximum atomic E-state index is 11.4. The van der Waals surface area contributed by atoms with E-state index in [1.165, 1.54) is 6.92 Å². The van der Waals surface area contributed by atoms with Crippen LogP contribution >= 0.6 is 0 Å². The fourth-order valence-corrected chi connectivity index (χ4v) is 1.88. The van der Waals surface area contributed by atoms with Crippen molar-refractivity contribution in [1.82, 2.24) is 0 Å². The molecule has 1 unspecified atom stereocenters. The van der Waals surface area contributed by atoms with Gasteiger partial charge in [-0.05, 0) is 44.4 Å². The summed E-state index contributed by atoms with van der Waals surface area (Å²) >= 11 is 0. The van der Waals surface area contributed by atoms with Crippen LogP contribution in [0.3, 0.4) is 0 Å². The molecule has 0 heterocycles. The number of hydrogen-bond donors (Lipinski definition) is 2. The number of phenols is 2. The third-order valence-electron chi connectivity index (χ3n) is 3.33. The molecule has 0 aliphatic carbocycles. The molecule has 2 N–H and O–H groups in total. The zero-order chi connectivity index (χ0) is 12.6. The Balaban J connectivity index is 3.57. The standard InChI is InChI=1S/C13H18O3/c1-6-7(2)13(16)11(8(3)10(5)14)9(4)12(6)15/h8,15-16H,1-5H3. The molecule has 0 amide bonds. The number of ketones is 1. The highest BCUT2D eigenvalue weighted by atomic mass is 16.3. The van der Waals surface area contributed by atoms with Crippen molar-refractivity contribution in [2.24, 2.45) is 0 Å². The smallest absolute Gasteiger partial charge is 0.137 e. The van der Waals surface area contributed by atoms with Crippen LogP contribution in [0.4, 0.5) is 0 Å². The van der Waals surface area contributed by atoms with Crippen LogP contribution in [0.15, 0.2) is 0 Å². The minimum Gasteiger partial charge on any atom is -0.507 e. The maximum absolute atomic E-state index is 11.4. The molecule has 0 spiro atoms. The molecule has 1 rings (SSSR count). The second-order valence-electron chi connectivity index (χ2n) is 4.32. The second kappa shape index (κ2) is 4.16. The molecule has 3 heteroatoms. The monoisotopic (exact) mass is 222 g/mol. The molecule has 0 radical (unpaired) electrons. The van der Waals surface area contributed by atoms with Gasteiger partial charge in [0.05, 0.1) is 0 Å². The molecule has 16 heavy (non-hydrogen) atoms. The first-order valence-corrected chi connectivity index (χ1v) is 5.31. The van der Waals surface area contributed by atoms with E-state index in [1.807, 2.05) is 0 Å². The van der Waals surface area contributed by atoms with E-state index < -0.39 is 5.92 Å². The summed E-state index contributed by atoms with van der Waals surface area (Å²) in [6.07, 6.45) is 0. The van der Waals surface area contributed by atoms with Crippen LogP contribution in [0.5, 0.6) is 11.5 Å². The van der Waals surface area contributed by atoms with Crippen LogP contribution in [0, 0.1) is 20.8 Å². The molecule has 0 aliphatic rings. The fraction of sp³-hybridized carbons (Fsp3) is 0.462. The molecule has 0 saturated heterocycles. The lowest BCUT2D eigenvalue weighted by molar-refractivity contribution is -0.118.